The van der Waals surface area contributed by atoms with Crippen LogP contribution in [0, 0.1) is 10.1 Å². The Morgan fingerprint density at radius 3 is 2.60 bits per heavy atom. The van der Waals surface area contributed by atoms with Crippen molar-refractivity contribution in [3.05, 3.63) is 33.9 Å². The van der Waals surface area contributed by atoms with Crippen molar-refractivity contribution in [2.24, 2.45) is 0 Å². The molecule has 0 atom stereocenters. The lowest BCUT2D eigenvalue weighted by Crippen LogP contribution is -2.02. The van der Waals surface area contributed by atoms with Crippen LogP contribution in [0.3, 0.4) is 0 Å². The van der Waals surface area contributed by atoms with Gasteiger partial charge >= 0.3 is 5.97 Å². The van der Waals surface area contributed by atoms with E-state index in [2.05, 4.69) is 0 Å². The highest BCUT2D eigenvalue weighted by Gasteiger charge is 2.12. The standard InChI is InChI=1S/C8H8N2O4.ClH/c9-6-2-1-5(4-8(11)12)3-7(6)10(13)14;/h1-3H,4,9H2,(H,11,12);1H. The number of rotatable bonds is 3. The van der Waals surface area contributed by atoms with Crippen molar-refractivity contribution in [3.63, 3.8) is 0 Å². The molecular weight excluding hydrogens is 224 g/mol. The molecule has 1 aromatic rings. The summed E-state index contributed by atoms with van der Waals surface area (Å²) in [6, 6.07) is 3.95. The zero-order chi connectivity index (χ0) is 10.7. The number of nitrogen functional groups attached to an aromatic ring is 1. The lowest BCUT2D eigenvalue weighted by Gasteiger charge is -1.99. The Hall–Kier alpha value is -1.82. The number of carbonyl (C=O) groups is 1. The van der Waals surface area contributed by atoms with Gasteiger partial charge in [-0.25, -0.2) is 0 Å². The van der Waals surface area contributed by atoms with Crippen molar-refractivity contribution in [3.8, 4) is 0 Å². The average molecular weight is 233 g/mol. The van der Waals surface area contributed by atoms with Crippen LogP contribution < -0.4 is 5.73 Å². The monoisotopic (exact) mass is 232 g/mol. The Morgan fingerprint density at radius 1 is 1.53 bits per heavy atom. The van der Waals surface area contributed by atoms with Crippen LogP contribution in [0.4, 0.5) is 11.4 Å². The summed E-state index contributed by atoms with van der Waals surface area (Å²) in [5.41, 5.74) is 5.46. The molecule has 0 fully saturated rings. The second kappa shape index (κ2) is 5.16. The minimum atomic E-state index is -1.04. The molecule has 0 aromatic heterocycles. The van der Waals surface area contributed by atoms with Gasteiger partial charge in [-0.15, -0.1) is 12.4 Å². The zero-order valence-corrected chi connectivity index (χ0v) is 8.36. The molecule has 1 aromatic carbocycles. The molecule has 0 saturated heterocycles. The van der Waals surface area contributed by atoms with E-state index in [1.54, 1.807) is 0 Å². The molecule has 1 rings (SSSR count). The largest absolute Gasteiger partial charge is 0.481 e. The Labute approximate surface area is 91.3 Å². The van der Waals surface area contributed by atoms with Crippen molar-refractivity contribution in [1.82, 2.24) is 0 Å². The van der Waals surface area contributed by atoms with Gasteiger partial charge in [0.25, 0.3) is 5.69 Å². The second-order valence-electron chi connectivity index (χ2n) is 2.72. The SMILES string of the molecule is Cl.Nc1ccc(CC(=O)O)cc1[N+](=O)[O-]. The Morgan fingerprint density at radius 2 is 2.13 bits per heavy atom. The van der Waals surface area contributed by atoms with E-state index >= 15 is 0 Å². The maximum atomic E-state index is 10.4. The van der Waals surface area contributed by atoms with Crippen LogP contribution in [0.15, 0.2) is 18.2 Å². The van der Waals surface area contributed by atoms with Gasteiger partial charge in [-0.05, 0) is 11.6 Å². The normalized spacial score (nSPS) is 9.07. The Balaban J connectivity index is 0.00000196. The van der Waals surface area contributed by atoms with E-state index in [-0.39, 0.29) is 30.2 Å². The van der Waals surface area contributed by atoms with Crippen LogP contribution in [0.1, 0.15) is 5.56 Å². The van der Waals surface area contributed by atoms with Gasteiger partial charge in [0.2, 0.25) is 0 Å². The van der Waals surface area contributed by atoms with Crippen LogP contribution >= 0.6 is 12.4 Å². The minimum absolute atomic E-state index is 0. The van der Waals surface area contributed by atoms with Crippen LogP contribution in [0.5, 0.6) is 0 Å². The van der Waals surface area contributed by atoms with Gasteiger partial charge < -0.3 is 10.8 Å². The van der Waals surface area contributed by atoms with Gasteiger partial charge in [-0.2, -0.15) is 0 Å². The average Bonchev–Trinajstić information content (AvgIpc) is 2.07. The highest BCUT2D eigenvalue weighted by Crippen LogP contribution is 2.22. The predicted octanol–water partition coefficient (Wildman–Crippen LogP) is 1.23. The van der Waals surface area contributed by atoms with E-state index in [9.17, 15) is 14.9 Å². The molecule has 0 aliphatic heterocycles. The van der Waals surface area contributed by atoms with Gasteiger partial charge in [0.15, 0.2) is 0 Å². The fraction of sp³-hybridized carbons (Fsp3) is 0.125. The predicted molar refractivity (Wildman–Crippen MR) is 56.1 cm³/mol. The lowest BCUT2D eigenvalue weighted by molar-refractivity contribution is -0.383. The van der Waals surface area contributed by atoms with Crippen molar-refractivity contribution >= 4 is 29.8 Å². The van der Waals surface area contributed by atoms with E-state index in [4.69, 9.17) is 10.8 Å². The lowest BCUT2D eigenvalue weighted by atomic mass is 10.1. The number of nitrogens with two attached hydrogens (primary N) is 1. The molecular formula is C8H9ClN2O4. The quantitative estimate of drug-likeness (QED) is 0.463. The van der Waals surface area contributed by atoms with E-state index in [1.165, 1.54) is 18.2 Å². The van der Waals surface area contributed by atoms with Gasteiger partial charge in [0.05, 0.1) is 11.3 Å². The molecule has 0 aliphatic carbocycles. The number of halogens is 1. The summed E-state index contributed by atoms with van der Waals surface area (Å²) >= 11 is 0. The van der Waals surface area contributed by atoms with Gasteiger partial charge in [0.1, 0.15) is 5.69 Å². The third kappa shape index (κ3) is 3.43. The number of carboxylic acids is 1. The number of hydrogen-bond donors (Lipinski definition) is 2. The van der Waals surface area contributed by atoms with Crippen molar-refractivity contribution in [1.29, 1.82) is 0 Å². The molecule has 0 radical (unpaired) electrons. The molecule has 0 bridgehead atoms. The molecule has 0 aliphatic rings. The van der Waals surface area contributed by atoms with E-state index in [0.29, 0.717) is 5.56 Å². The summed E-state index contributed by atoms with van der Waals surface area (Å²) < 4.78 is 0. The first-order valence-electron chi connectivity index (χ1n) is 3.75. The van der Waals surface area contributed by atoms with Crippen LogP contribution in [0.2, 0.25) is 0 Å². The highest BCUT2D eigenvalue weighted by molar-refractivity contribution is 5.85. The van der Waals surface area contributed by atoms with E-state index < -0.39 is 10.9 Å². The summed E-state index contributed by atoms with van der Waals surface area (Å²) in [4.78, 5) is 20.1. The first-order valence-corrected chi connectivity index (χ1v) is 3.75. The number of carboxylic acid groups (broad SMARTS) is 1. The summed E-state index contributed by atoms with van der Waals surface area (Å²) in [6.07, 6.45) is -0.249. The molecule has 6 nitrogen and oxygen atoms in total. The molecule has 82 valence electrons. The first kappa shape index (κ1) is 13.2. The summed E-state index contributed by atoms with van der Waals surface area (Å²) in [5, 5.41) is 18.9. The highest BCUT2D eigenvalue weighted by atomic mass is 35.5. The molecule has 0 amide bonds. The van der Waals surface area contributed by atoms with Crippen molar-refractivity contribution in [2.45, 2.75) is 6.42 Å². The van der Waals surface area contributed by atoms with Gasteiger partial charge in [0, 0.05) is 6.07 Å². The molecule has 0 spiro atoms. The summed E-state index contributed by atoms with van der Waals surface area (Å²) in [5.74, 6) is -1.04. The molecule has 15 heavy (non-hydrogen) atoms. The third-order valence-electron chi connectivity index (χ3n) is 1.65. The summed E-state index contributed by atoms with van der Waals surface area (Å²) in [7, 11) is 0. The number of nitro benzene ring substituents is 1. The Kier molecular flexibility index (Phi) is 4.53. The zero-order valence-electron chi connectivity index (χ0n) is 7.54. The maximum absolute atomic E-state index is 10.4. The topological polar surface area (TPSA) is 106 Å². The van der Waals surface area contributed by atoms with E-state index in [1.807, 2.05) is 0 Å². The number of aliphatic carboxylic acids is 1. The van der Waals surface area contributed by atoms with Crippen molar-refractivity contribution in [2.75, 3.05) is 5.73 Å². The summed E-state index contributed by atoms with van der Waals surface area (Å²) in [6.45, 7) is 0. The number of nitrogens with zero attached hydrogens (tertiary/aromatic N) is 1. The number of anilines is 1. The molecule has 0 unspecified atom stereocenters. The van der Waals surface area contributed by atoms with Crippen molar-refractivity contribution < 1.29 is 14.8 Å². The number of nitro groups is 1. The maximum Gasteiger partial charge on any atom is 0.307 e. The van der Waals surface area contributed by atoms with E-state index in [0.717, 1.165) is 0 Å². The molecule has 3 N–H and O–H groups in total. The smallest absolute Gasteiger partial charge is 0.307 e. The van der Waals surface area contributed by atoms with Gasteiger partial charge in [-0.1, -0.05) is 6.07 Å². The molecule has 0 saturated carbocycles. The fourth-order valence-electron chi connectivity index (χ4n) is 1.03. The van der Waals surface area contributed by atoms with Crippen LogP contribution in [0.25, 0.3) is 0 Å². The fourth-order valence-corrected chi connectivity index (χ4v) is 1.03. The number of benzene rings is 1. The molecule has 7 heteroatoms. The van der Waals surface area contributed by atoms with Crippen LogP contribution in [-0.4, -0.2) is 16.0 Å². The van der Waals surface area contributed by atoms with Crippen LogP contribution in [-0.2, 0) is 11.2 Å². The van der Waals surface area contributed by atoms with Gasteiger partial charge in [-0.3, -0.25) is 14.9 Å². The molecule has 0 heterocycles. The first-order chi connectivity index (χ1) is 6.50. The third-order valence-corrected chi connectivity index (χ3v) is 1.65. The second-order valence-corrected chi connectivity index (χ2v) is 2.72. The Bertz CT molecular complexity index is 394. The minimum Gasteiger partial charge on any atom is -0.481 e. The number of hydrogen-bond acceptors (Lipinski definition) is 4.